The van der Waals surface area contributed by atoms with Gasteiger partial charge in [0.05, 0.1) is 16.4 Å². The van der Waals surface area contributed by atoms with E-state index in [1.165, 1.54) is 16.9 Å². The topological polar surface area (TPSA) is 71.5 Å². The van der Waals surface area contributed by atoms with Gasteiger partial charge >= 0.3 is 0 Å². The number of rotatable bonds is 3. The van der Waals surface area contributed by atoms with Crippen molar-refractivity contribution in [3.63, 3.8) is 0 Å². The maximum Gasteiger partial charge on any atom is 0.243 e. The number of hydrogen-bond donors (Lipinski definition) is 0. The van der Waals surface area contributed by atoms with E-state index in [0.29, 0.717) is 6.42 Å². The smallest absolute Gasteiger partial charge is 0.229 e. The van der Waals surface area contributed by atoms with Gasteiger partial charge in [-0.15, -0.1) is 0 Å². The average Bonchev–Trinajstić information content (AvgIpc) is 3.02. The zero-order valence-electron chi connectivity index (χ0n) is 11.9. The molecule has 1 aliphatic heterocycles. The Kier molecular flexibility index (Phi) is 3.62. The van der Waals surface area contributed by atoms with Crippen LogP contribution < -0.4 is 0 Å². The van der Waals surface area contributed by atoms with Gasteiger partial charge in [-0.2, -0.15) is 4.31 Å². The Morgan fingerprint density at radius 3 is 2.57 bits per heavy atom. The fourth-order valence-corrected chi connectivity index (χ4v) is 6.44. The molecule has 3 rings (SSSR count). The molecule has 1 aromatic rings. The summed E-state index contributed by atoms with van der Waals surface area (Å²) < 4.78 is 49.6. The van der Waals surface area contributed by atoms with Crippen LogP contribution in [0.5, 0.6) is 0 Å². The van der Waals surface area contributed by atoms with E-state index in [0.717, 1.165) is 24.8 Å². The lowest BCUT2D eigenvalue weighted by molar-refractivity contribution is 0.394. The first-order valence-electron chi connectivity index (χ1n) is 7.10. The standard InChI is InChI=1S/C14H19NO4S2/c1-15(13-7-8-20(16,17)10-13)21(18,19)14-6-5-11-3-2-4-12(11)9-14/h5-6,9,13H,2-4,7-8,10H2,1H3/t13-/m1/s1. The van der Waals surface area contributed by atoms with Crippen LogP contribution in [0.25, 0.3) is 0 Å². The summed E-state index contributed by atoms with van der Waals surface area (Å²) in [5.41, 5.74) is 2.32. The summed E-state index contributed by atoms with van der Waals surface area (Å²) in [5, 5.41) is 0. The quantitative estimate of drug-likeness (QED) is 0.829. The van der Waals surface area contributed by atoms with E-state index in [1.807, 2.05) is 6.07 Å². The Balaban J connectivity index is 1.90. The second kappa shape index (κ2) is 5.07. The molecule has 0 bridgehead atoms. The molecule has 1 aliphatic carbocycles. The minimum Gasteiger partial charge on any atom is -0.229 e. The third-order valence-corrected chi connectivity index (χ3v) is 8.13. The van der Waals surface area contributed by atoms with Crippen LogP contribution in [0.3, 0.4) is 0 Å². The third kappa shape index (κ3) is 2.74. The Bertz CT molecular complexity index is 768. The number of fused-ring (bicyclic) bond motifs is 1. The molecular formula is C14H19NO4S2. The molecule has 116 valence electrons. The largest absolute Gasteiger partial charge is 0.243 e. The Hall–Kier alpha value is -0.920. The Labute approximate surface area is 125 Å². The molecule has 0 spiro atoms. The van der Waals surface area contributed by atoms with Crippen molar-refractivity contribution in [3.05, 3.63) is 29.3 Å². The number of nitrogens with zero attached hydrogens (tertiary/aromatic N) is 1. The second-order valence-electron chi connectivity index (χ2n) is 5.86. The zero-order chi connectivity index (χ0) is 15.3. The van der Waals surface area contributed by atoms with Crippen LogP contribution in [-0.2, 0) is 32.7 Å². The fraction of sp³-hybridized carbons (Fsp3) is 0.571. The number of sulfonamides is 1. The van der Waals surface area contributed by atoms with Crippen LogP contribution >= 0.6 is 0 Å². The van der Waals surface area contributed by atoms with Crippen molar-refractivity contribution >= 4 is 19.9 Å². The van der Waals surface area contributed by atoms with Gasteiger partial charge in [0.25, 0.3) is 0 Å². The van der Waals surface area contributed by atoms with Gasteiger partial charge < -0.3 is 0 Å². The summed E-state index contributed by atoms with van der Waals surface area (Å²) in [7, 11) is -5.24. The summed E-state index contributed by atoms with van der Waals surface area (Å²) in [6.45, 7) is 0. The van der Waals surface area contributed by atoms with E-state index in [1.54, 1.807) is 12.1 Å². The molecule has 0 N–H and O–H groups in total. The van der Waals surface area contributed by atoms with E-state index in [-0.39, 0.29) is 16.4 Å². The van der Waals surface area contributed by atoms with Crippen LogP contribution in [0.15, 0.2) is 23.1 Å². The summed E-state index contributed by atoms with van der Waals surface area (Å²) in [4.78, 5) is 0.273. The monoisotopic (exact) mass is 329 g/mol. The van der Waals surface area contributed by atoms with E-state index >= 15 is 0 Å². The molecule has 7 heteroatoms. The second-order valence-corrected chi connectivity index (χ2v) is 10.1. The first-order valence-corrected chi connectivity index (χ1v) is 10.4. The van der Waals surface area contributed by atoms with E-state index in [4.69, 9.17) is 0 Å². The van der Waals surface area contributed by atoms with Gasteiger partial charge in [0.1, 0.15) is 0 Å². The first-order chi connectivity index (χ1) is 9.79. The van der Waals surface area contributed by atoms with Gasteiger partial charge in [-0.25, -0.2) is 16.8 Å². The van der Waals surface area contributed by atoms with Gasteiger partial charge in [0.15, 0.2) is 9.84 Å². The van der Waals surface area contributed by atoms with Crippen molar-refractivity contribution in [1.29, 1.82) is 0 Å². The molecule has 0 radical (unpaired) electrons. The molecule has 21 heavy (non-hydrogen) atoms. The van der Waals surface area contributed by atoms with Gasteiger partial charge in [0.2, 0.25) is 10.0 Å². The highest BCUT2D eigenvalue weighted by molar-refractivity contribution is 7.92. The van der Waals surface area contributed by atoms with Crippen LogP contribution in [0.4, 0.5) is 0 Å². The third-order valence-electron chi connectivity index (χ3n) is 4.47. The zero-order valence-corrected chi connectivity index (χ0v) is 13.6. The molecule has 2 aliphatic rings. The van der Waals surface area contributed by atoms with Crippen molar-refractivity contribution in [1.82, 2.24) is 4.31 Å². The molecule has 0 saturated carbocycles. The minimum atomic E-state index is -3.63. The molecule has 5 nitrogen and oxygen atoms in total. The van der Waals surface area contributed by atoms with Gasteiger partial charge in [0, 0.05) is 13.1 Å². The summed E-state index contributed by atoms with van der Waals surface area (Å²) >= 11 is 0. The summed E-state index contributed by atoms with van der Waals surface area (Å²) in [6, 6.07) is 4.82. The van der Waals surface area contributed by atoms with Crippen LogP contribution in [-0.4, -0.2) is 45.7 Å². The SMILES string of the molecule is CN([C@@H]1CCS(=O)(=O)C1)S(=O)(=O)c1ccc2c(c1)CCC2. The maximum atomic E-state index is 12.7. The van der Waals surface area contributed by atoms with Crippen LogP contribution in [0.2, 0.25) is 0 Å². The van der Waals surface area contributed by atoms with Gasteiger partial charge in [-0.1, -0.05) is 6.07 Å². The predicted octanol–water partition coefficient (Wildman–Crippen LogP) is 0.983. The molecule has 1 fully saturated rings. The molecular weight excluding hydrogens is 310 g/mol. The highest BCUT2D eigenvalue weighted by Gasteiger charge is 2.36. The molecule has 1 atom stereocenters. The molecule has 1 aromatic carbocycles. The van der Waals surface area contributed by atoms with Crippen LogP contribution in [0.1, 0.15) is 24.0 Å². The Morgan fingerprint density at radius 1 is 1.19 bits per heavy atom. The van der Waals surface area contributed by atoms with Crippen molar-refractivity contribution in [2.24, 2.45) is 0 Å². The van der Waals surface area contributed by atoms with Crippen molar-refractivity contribution in [2.45, 2.75) is 36.6 Å². The highest BCUT2D eigenvalue weighted by atomic mass is 32.2. The van der Waals surface area contributed by atoms with E-state index < -0.39 is 25.9 Å². The number of hydrogen-bond acceptors (Lipinski definition) is 4. The van der Waals surface area contributed by atoms with Crippen LogP contribution in [0, 0.1) is 0 Å². The lowest BCUT2D eigenvalue weighted by atomic mass is 10.1. The van der Waals surface area contributed by atoms with Crippen molar-refractivity contribution in [3.8, 4) is 0 Å². The maximum absolute atomic E-state index is 12.7. The lowest BCUT2D eigenvalue weighted by Crippen LogP contribution is -2.37. The molecule has 0 amide bonds. The molecule has 0 unspecified atom stereocenters. The highest BCUT2D eigenvalue weighted by Crippen LogP contribution is 2.28. The predicted molar refractivity (Wildman–Crippen MR) is 80.5 cm³/mol. The number of sulfone groups is 1. The minimum absolute atomic E-state index is 0.0711. The average molecular weight is 329 g/mol. The van der Waals surface area contributed by atoms with E-state index in [9.17, 15) is 16.8 Å². The Morgan fingerprint density at radius 2 is 1.90 bits per heavy atom. The normalized spacial score (nSPS) is 24.4. The summed E-state index contributed by atoms with van der Waals surface area (Å²) in [6.07, 6.45) is 3.37. The lowest BCUT2D eigenvalue weighted by Gasteiger charge is -2.23. The summed E-state index contributed by atoms with van der Waals surface area (Å²) in [5.74, 6) is -0.00458. The molecule has 1 heterocycles. The van der Waals surface area contributed by atoms with Gasteiger partial charge in [-0.3, -0.25) is 0 Å². The van der Waals surface area contributed by atoms with E-state index in [2.05, 4.69) is 0 Å². The number of benzene rings is 1. The number of aryl methyl sites for hydroxylation is 2. The molecule has 0 aromatic heterocycles. The van der Waals surface area contributed by atoms with Gasteiger partial charge in [-0.05, 0) is 48.9 Å². The van der Waals surface area contributed by atoms with Crippen molar-refractivity contribution < 1.29 is 16.8 Å². The fourth-order valence-electron chi connectivity index (χ4n) is 3.13. The molecule has 1 saturated heterocycles. The van der Waals surface area contributed by atoms with Crippen molar-refractivity contribution in [2.75, 3.05) is 18.6 Å². The first kappa shape index (κ1) is 15.0.